The second-order valence-electron chi connectivity index (χ2n) is 4.96. The van der Waals surface area contributed by atoms with Crippen LogP contribution in [0.4, 0.5) is 0 Å². The van der Waals surface area contributed by atoms with Crippen molar-refractivity contribution >= 4 is 0 Å². The van der Waals surface area contributed by atoms with E-state index in [1.54, 1.807) is 7.11 Å². The minimum absolute atomic E-state index is 0.260. The maximum absolute atomic E-state index is 5.52. The first-order valence-corrected chi connectivity index (χ1v) is 7.32. The van der Waals surface area contributed by atoms with Crippen LogP contribution in [0.3, 0.4) is 0 Å². The first-order chi connectivity index (χ1) is 10.2. The Bertz CT molecular complexity index is 569. The van der Waals surface area contributed by atoms with Gasteiger partial charge in [-0.15, -0.1) is 0 Å². The standard InChI is InChI=1S/C18H23NO2/c1-4-21-18-10-5-7-15(11-18)13-19-14(2)16-8-6-9-17(12-16)20-3/h5-12,14,19H,4,13H2,1-3H3. The molecule has 2 aromatic rings. The van der Waals surface area contributed by atoms with Crippen molar-refractivity contribution < 1.29 is 9.47 Å². The van der Waals surface area contributed by atoms with E-state index in [2.05, 4.69) is 36.5 Å². The van der Waals surface area contributed by atoms with E-state index < -0.39 is 0 Å². The number of benzene rings is 2. The van der Waals surface area contributed by atoms with Crippen molar-refractivity contribution in [1.29, 1.82) is 0 Å². The number of rotatable bonds is 7. The molecule has 1 atom stereocenters. The van der Waals surface area contributed by atoms with Gasteiger partial charge in [0.2, 0.25) is 0 Å². The maximum atomic E-state index is 5.52. The minimum Gasteiger partial charge on any atom is -0.497 e. The number of ether oxygens (including phenoxy) is 2. The second-order valence-corrected chi connectivity index (χ2v) is 4.96. The van der Waals surface area contributed by atoms with Crippen LogP contribution in [0, 0.1) is 0 Å². The third-order valence-corrected chi connectivity index (χ3v) is 3.42. The summed E-state index contributed by atoms with van der Waals surface area (Å²) in [6, 6.07) is 16.6. The Balaban J connectivity index is 1.96. The predicted molar refractivity (Wildman–Crippen MR) is 85.9 cm³/mol. The van der Waals surface area contributed by atoms with Crippen molar-refractivity contribution in [3.05, 3.63) is 59.7 Å². The Morgan fingerprint density at radius 3 is 2.57 bits per heavy atom. The predicted octanol–water partition coefficient (Wildman–Crippen LogP) is 3.94. The summed E-state index contributed by atoms with van der Waals surface area (Å²) in [5.41, 5.74) is 2.44. The zero-order valence-corrected chi connectivity index (χ0v) is 12.9. The van der Waals surface area contributed by atoms with Crippen LogP contribution in [0.2, 0.25) is 0 Å². The Hall–Kier alpha value is -2.00. The molecule has 2 aromatic carbocycles. The lowest BCUT2D eigenvalue weighted by atomic mass is 10.1. The Kier molecular flexibility index (Phi) is 5.64. The number of hydrogen-bond acceptors (Lipinski definition) is 3. The summed E-state index contributed by atoms with van der Waals surface area (Å²) in [5, 5.41) is 3.52. The monoisotopic (exact) mass is 285 g/mol. The van der Waals surface area contributed by atoms with Crippen LogP contribution in [0.1, 0.15) is 31.0 Å². The fourth-order valence-electron chi connectivity index (χ4n) is 2.21. The van der Waals surface area contributed by atoms with Crippen molar-refractivity contribution in [2.24, 2.45) is 0 Å². The van der Waals surface area contributed by atoms with Gasteiger partial charge in [0.1, 0.15) is 11.5 Å². The van der Waals surface area contributed by atoms with Gasteiger partial charge >= 0.3 is 0 Å². The Morgan fingerprint density at radius 1 is 1.05 bits per heavy atom. The molecule has 112 valence electrons. The van der Waals surface area contributed by atoms with Crippen LogP contribution in [0.15, 0.2) is 48.5 Å². The number of hydrogen-bond donors (Lipinski definition) is 1. The van der Waals surface area contributed by atoms with Crippen molar-refractivity contribution in [2.45, 2.75) is 26.4 Å². The summed E-state index contributed by atoms with van der Waals surface area (Å²) in [4.78, 5) is 0. The summed E-state index contributed by atoms with van der Waals surface area (Å²) in [5.74, 6) is 1.81. The molecule has 0 aliphatic rings. The van der Waals surface area contributed by atoms with E-state index in [9.17, 15) is 0 Å². The molecule has 3 heteroatoms. The average Bonchev–Trinajstić information content (AvgIpc) is 2.53. The lowest BCUT2D eigenvalue weighted by Gasteiger charge is -2.15. The van der Waals surface area contributed by atoms with Crippen molar-refractivity contribution in [3.8, 4) is 11.5 Å². The fraction of sp³-hybridized carbons (Fsp3) is 0.333. The van der Waals surface area contributed by atoms with Crippen molar-refractivity contribution in [1.82, 2.24) is 5.32 Å². The van der Waals surface area contributed by atoms with E-state index in [0.717, 1.165) is 18.0 Å². The van der Waals surface area contributed by atoms with Crippen LogP contribution < -0.4 is 14.8 Å². The topological polar surface area (TPSA) is 30.5 Å². The summed E-state index contributed by atoms with van der Waals surface area (Å²) in [6.07, 6.45) is 0. The van der Waals surface area contributed by atoms with Gasteiger partial charge in [0.05, 0.1) is 13.7 Å². The quantitative estimate of drug-likeness (QED) is 0.835. The molecule has 0 spiro atoms. The van der Waals surface area contributed by atoms with Gasteiger partial charge in [-0.25, -0.2) is 0 Å². The SMILES string of the molecule is CCOc1cccc(CNC(C)c2cccc(OC)c2)c1. The lowest BCUT2D eigenvalue weighted by molar-refractivity contribution is 0.339. The molecule has 0 amide bonds. The average molecular weight is 285 g/mol. The summed E-state index contributed by atoms with van der Waals surface area (Å²) < 4.78 is 10.8. The van der Waals surface area contributed by atoms with Crippen molar-refractivity contribution in [3.63, 3.8) is 0 Å². The summed E-state index contributed by atoms with van der Waals surface area (Å²) >= 11 is 0. The molecule has 0 heterocycles. The highest BCUT2D eigenvalue weighted by molar-refractivity contribution is 5.31. The first-order valence-electron chi connectivity index (χ1n) is 7.32. The van der Waals surface area contributed by atoms with Gasteiger partial charge in [-0.3, -0.25) is 0 Å². The van der Waals surface area contributed by atoms with Gasteiger partial charge < -0.3 is 14.8 Å². The smallest absolute Gasteiger partial charge is 0.119 e. The highest BCUT2D eigenvalue weighted by Gasteiger charge is 2.06. The van der Waals surface area contributed by atoms with Gasteiger partial charge in [-0.2, -0.15) is 0 Å². The van der Waals surface area contributed by atoms with Crippen LogP contribution in [0.25, 0.3) is 0 Å². The van der Waals surface area contributed by atoms with Gasteiger partial charge in [-0.1, -0.05) is 24.3 Å². The Morgan fingerprint density at radius 2 is 1.81 bits per heavy atom. The van der Waals surface area contributed by atoms with E-state index >= 15 is 0 Å². The zero-order valence-electron chi connectivity index (χ0n) is 12.9. The minimum atomic E-state index is 0.260. The Labute approximate surface area is 126 Å². The largest absolute Gasteiger partial charge is 0.497 e. The molecule has 0 saturated carbocycles. The lowest BCUT2D eigenvalue weighted by Crippen LogP contribution is -2.18. The molecule has 0 bridgehead atoms. The zero-order chi connectivity index (χ0) is 15.1. The maximum Gasteiger partial charge on any atom is 0.119 e. The highest BCUT2D eigenvalue weighted by atomic mass is 16.5. The molecular formula is C18H23NO2. The molecule has 0 aliphatic heterocycles. The van der Waals surface area contributed by atoms with E-state index in [0.29, 0.717) is 6.61 Å². The molecule has 21 heavy (non-hydrogen) atoms. The van der Waals surface area contributed by atoms with Crippen LogP contribution >= 0.6 is 0 Å². The number of nitrogens with one attached hydrogen (secondary N) is 1. The van der Waals surface area contributed by atoms with Gasteiger partial charge in [0, 0.05) is 12.6 Å². The van der Waals surface area contributed by atoms with E-state index in [-0.39, 0.29) is 6.04 Å². The summed E-state index contributed by atoms with van der Waals surface area (Å²) in [7, 11) is 1.69. The molecule has 3 nitrogen and oxygen atoms in total. The molecule has 0 aliphatic carbocycles. The fourth-order valence-corrected chi connectivity index (χ4v) is 2.21. The molecule has 0 aromatic heterocycles. The normalized spacial score (nSPS) is 12.0. The molecule has 0 fully saturated rings. The summed E-state index contributed by atoms with van der Waals surface area (Å²) in [6.45, 7) is 5.65. The molecule has 2 rings (SSSR count). The molecule has 0 radical (unpaired) electrons. The van der Waals surface area contributed by atoms with Crippen LogP contribution in [0.5, 0.6) is 11.5 Å². The first kappa shape index (κ1) is 15.4. The molecule has 1 unspecified atom stereocenters. The molecule has 1 N–H and O–H groups in total. The number of methoxy groups -OCH3 is 1. The van der Waals surface area contributed by atoms with Gasteiger partial charge in [0.15, 0.2) is 0 Å². The van der Waals surface area contributed by atoms with E-state index in [4.69, 9.17) is 9.47 Å². The van der Waals surface area contributed by atoms with Gasteiger partial charge in [-0.05, 0) is 49.2 Å². The highest BCUT2D eigenvalue weighted by Crippen LogP contribution is 2.20. The molecule has 0 saturated heterocycles. The van der Waals surface area contributed by atoms with Gasteiger partial charge in [0.25, 0.3) is 0 Å². The van der Waals surface area contributed by atoms with Crippen LogP contribution in [-0.2, 0) is 6.54 Å². The van der Waals surface area contributed by atoms with Crippen molar-refractivity contribution in [2.75, 3.05) is 13.7 Å². The second kappa shape index (κ2) is 7.70. The van der Waals surface area contributed by atoms with Crippen LogP contribution in [-0.4, -0.2) is 13.7 Å². The third kappa shape index (κ3) is 4.50. The third-order valence-electron chi connectivity index (χ3n) is 3.42. The molecular weight excluding hydrogens is 262 g/mol. The van der Waals surface area contributed by atoms with E-state index in [1.165, 1.54) is 11.1 Å². The van der Waals surface area contributed by atoms with E-state index in [1.807, 2.05) is 31.2 Å².